The fraction of sp³-hybridized carbons (Fsp3) is 0.190. The summed E-state index contributed by atoms with van der Waals surface area (Å²) in [6, 6.07) is 12.7. The first-order valence-electron chi connectivity index (χ1n) is 8.90. The van der Waals surface area contributed by atoms with E-state index in [9.17, 15) is 4.79 Å². The molecule has 0 aliphatic carbocycles. The highest BCUT2D eigenvalue weighted by Crippen LogP contribution is 2.33. The molecule has 0 atom stereocenters. The Morgan fingerprint density at radius 2 is 1.90 bits per heavy atom. The number of anilines is 1. The summed E-state index contributed by atoms with van der Waals surface area (Å²) in [6.07, 6.45) is 3.15. The van der Waals surface area contributed by atoms with E-state index >= 15 is 0 Å². The molecule has 2 N–H and O–H groups in total. The zero-order chi connectivity index (χ0) is 20.8. The molecule has 3 rings (SSSR count). The highest BCUT2D eigenvalue weighted by atomic mass is 16.5. The van der Waals surface area contributed by atoms with E-state index in [0.717, 1.165) is 11.3 Å². The van der Waals surface area contributed by atoms with Gasteiger partial charge < -0.3 is 14.4 Å². The highest BCUT2D eigenvalue weighted by Gasteiger charge is 2.13. The van der Waals surface area contributed by atoms with Crippen molar-refractivity contribution in [2.24, 2.45) is 5.10 Å². The standard InChI is InChI=1S/C21H23N5O3/c1-26(2)16-7-5-14(6-8-16)21(27)25-23-13-15-12-22-24-20(15)18-11-17(28-3)9-10-19(18)29-4/h5-13H,1-4H3,(H,22,24)(H,25,27). The summed E-state index contributed by atoms with van der Waals surface area (Å²) >= 11 is 0. The van der Waals surface area contributed by atoms with Crippen LogP contribution < -0.4 is 19.8 Å². The van der Waals surface area contributed by atoms with E-state index in [1.54, 1.807) is 32.5 Å². The molecular weight excluding hydrogens is 370 g/mol. The van der Waals surface area contributed by atoms with E-state index in [4.69, 9.17) is 9.47 Å². The summed E-state index contributed by atoms with van der Waals surface area (Å²) in [4.78, 5) is 14.3. The first-order chi connectivity index (χ1) is 14.0. The summed E-state index contributed by atoms with van der Waals surface area (Å²) in [7, 11) is 7.08. The van der Waals surface area contributed by atoms with Crippen molar-refractivity contribution in [1.29, 1.82) is 0 Å². The van der Waals surface area contributed by atoms with E-state index in [1.807, 2.05) is 49.3 Å². The van der Waals surface area contributed by atoms with Crippen molar-refractivity contribution in [1.82, 2.24) is 15.6 Å². The maximum atomic E-state index is 12.3. The predicted octanol–water partition coefficient (Wildman–Crippen LogP) is 2.92. The van der Waals surface area contributed by atoms with Gasteiger partial charge in [0.2, 0.25) is 0 Å². The molecule has 29 heavy (non-hydrogen) atoms. The molecule has 0 fully saturated rings. The van der Waals surface area contributed by atoms with E-state index < -0.39 is 0 Å². The molecule has 0 bridgehead atoms. The molecule has 8 nitrogen and oxygen atoms in total. The van der Waals surface area contributed by atoms with Crippen molar-refractivity contribution in [2.45, 2.75) is 0 Å². The van der Waals surface area contributed by atoms with Gasteiger partial charge in [-0.1, -0.05) is 0 Å². The maximum Gasteiger partial charge on any atom is 0.271 e. The monoisotopic (exact) mass is 393 g/mol. The van der Waals surface area contributed by atoms with Crippen molar-refractivity contribution in [3.05, 3.63) is 59.8 Å². The Balaban J connectivity index is 1.76. The van der Waals surface area contributed by atoms with Gasteiger partial charge in [0, 0.05) is 36.5 Å². The Labute approximate surface area is 169 Å². The van der Waals surface area contributed by atoms with E-state index in [2.05, 4.69) is 20.7 Å². The second-order valence-corrected chi connectivity index (χ2v) is 6.41. The molecular formula is C21H23N5O3. The fourth-order valence-electron chi connectivity index (χ4n) is 2.75. The molecule has 3 aromatic rings. The van der Waals surface area contributed by atoms with Gasteiger partial charge >= 0.3 is 0 Å². The number of nitrogens with zero attached hydrogens (tertiary/aromatic N) is 3. The van der Waals surface area contributed by atoms with Crippen molar-refractivity contribution in [2.75, 3.05) is 33.2 Å². The Bertz CT molecular complexity index is 1010. The molecule has 1 aromatic heterocycles. The number of methoxy groups -OCH3 is 2. The molecule has 0 unspecified atom stereocenters. The Kier molecular flexibility index (Phi) is 6.13. The molecule has 0 radical (unpaired) electrons. The topological polar surface area (TPSA) is 91.8 Å². The van der Waals surface area contributed by atoms with Crippen molar-refractivity contribution in [3.8, 4) is 22.8 Å². The smallest absolute Gasteiger partial charge is 0.271 e. The molecule has 0 saturated carbocycles. The van der Waals surface area contributed by atoms with Gasteiger partial charge in [-0.25, -0.2) is 5.43 Å². The third kappa shape index (κ3) is 4.55. The minimum atomic E-state index is -0.296. The van der Waals surface area contributed by atoms with Crippen molar-refractivity contribution < 1.29 is 14.3 Å². The van der Waals surface area contributed by atoms with Gasteiger partial charge in [-0.15, -0.1) is 0 Å². The summed E-state index contributed by atoms with van der Waals surface area (Å²) < 4.78 is 10.7. The van der Waals surface area contributed by atoms with Crippen LogP contribution in [0.4, 0.5) is 5.69 Å². The summed E-state index contributed by atoms with van der Waals surface area (Å²) in [5, 5.41) is 11.1. The van der Waals surface area contributed by atoms with Crippen LogP contribution in [0.1, 0.15) is 15.9 Å². The van der Waals surface area contributed by atoms with Gasteiger partial charge in [0.1, 0.15) is 11.5 Å². The van der Waals surface area contributed by atoms with Crippen LogP contribution in [-0.2, 0) is 0 Å². The predicted molar refractivity (Wildman–Crippen MR) is 113 cm³/mol. The Hall–Kier alpha value is -3.81. The molecule has 0 spiro atoms. The number of H-pyrrole nitrogens is 1. The molecule has 0 aliphatic heterocycles. The van der Waals surface area contributed by atoms with Crippen LogP contribution in [0.2, 0.25) is 0 Å². The van der Waals surface area contributed by atoms with Crippen LogP contribution in [0.15, 0.2) is 53.8 Å². The molecule has 8 heteroatoms. The molecule has 1 amide bonds. The number of hydrogen-bond donors (Lipinski definition) is 2. The first-order valence-corrected chi connectivity index (χ1v) is 8.90. The van der Waals surface area contributed by atoms with Gasteiger partial charge in [-0.3, -0.25) is 9.89 Å². The normalized spacial score (nSPS) is 10.8. The average molecular weight is 393 g/mol. The number of amides is 1. The van der Waals surface area contributed by atoms with Crippen LogP contribution in [0.3, 0.4) is 0 Å². The van der Waals surface area contributed by atoms with Crippen molar-refractivity contribution >= 4 is 17.8 Å². The number of carbonyl (C=O) groups excluding carboxylic acids is 1. The van der Waals surface area contributed by atoms with E-state index in [1.165, 1.54) is 6.21 Å². The number of nitrogens with one attached hydrogen (secondary N) is 2. The SMILES string of the molecule is COc1ccc(OC)c(-c2[nH]ncc2C=NNC(=O)c2ccc(N(C)C)cc2)c1. The zero-order valence-corrected chi connectivity index (χ0v) is 16.8. The number of hydrazone groups is 1. The number of carbonyl (C=O) groups is 1. The van der Waals surface area contributed by atoms with Gasteiger partial charge in [0.05, 0.1) is 32.3 Å². The van der Waals surface area contributed by atoms with Gasteiger partial charge in [0.25, 0.3) is 5.91 Å². The van der Waals surface area contributed by atoms with Gasteiger partial charge in [0.15, 0.2) is 0 Å². The number of benzene rings is 2. The van der Waals surface area contributed by atoms with Crippen LogP contribution in [0.25, 0.3) is 11.3 Å². The number of ether oxygens (including phenoxy) is 2. The summed E-state index contributed by atoms with van der Waals surface area (Å²) in [5.74, 6) is 1.05. The highest BCUT2D eigenvalue weighted by molar-refractivity contribution is 5.96. The maximum absolute atomic E-state index is 12.3. The lowest BCUT2D eigenvalue weighted by molar-refractivity contribution is 0.0955. The summed E-state index contributed by atoms with van der Waals surface area (Å²) in [6.45, 7) is 0. The number of aromatic nitrogens is 2. The number of hydrogen-bond acceptors (Lipinski definition) is 6. The lowest BCUT2D eigenvalue weighted by Gasteiger charge is -2.12. The van der Waals surface area contributed by atoms with E-state index in [-0.39, 0.29) is 5.91 Å². The minimum Gasteiger partial charge on any atom is -0.497 e. The third-order valence-electron chi connectivity index (χ3n) is 4.36. The van der Waals surface area contributed by atoms with E-state index in [0.29, 0.717) is 28.3 Å². The lowest BCUT2D eigenvalue weighted by Crippen LogP contribution is -2.18. The van der Waals surface area contributed by atoms with Crippen LogP contribution in [0.5, 0.6) is 11.5 Å². The molecule has 0 saturated heterocycles. The van der Waals surface area contributed by atoms with Crippen LogP contribution >= 0.6 is 0 Å². The largest absolute Gasteiger partial charge is 0.497 e. The first kappa shape index (κ1) is 19.9. The minimum absolute atomic E-state index is 0.296. The quantitative estimate of drug-likeness (QED) is 0.476. The zero-order valence-electron chi connectivity index (χ0n) is 16.8. The molecule has 1 heterocycles. The van der Waals surface area contributed by atoms with Crippen LogP contribution in [-0.4, -0.2) is 50.6 Å². The Morgan fingerprint density at radius 3 is 2.55 bits per heavy atom. The Morgan fingerprint density at radius 1 is 1.14 bits per heavy atom. The second-order valence-electron chi connectivity index (χ2n) is 6.41. The summed E-state index contributed by atoms with van der Waals surface area (Å²) in [5.41, 5.74) is 6.24. The van der Waals surface area contributed by atoms with Crippen molar-refractivity contribution in [3.63, 3.8) is 0 Å². The van der Waals surface area contributed by atoms with Gasteiger partial charge in [-0.05, 0) is 42.5 Å². The second kappa shape index (κ2) is 8.92. The third-order valence-corrected chi connectivity index (χ3v) is 4.36. The molecule has 0 aliphatic rings. The fourth-order valence-corrected chi connectivity index (χ4v) is 2.75. The van der Waals surface area contributed by atoms with Gasteiger partial charge in [-0.2, -0.15) is 10.2 Å². The molecule has 150 valence electrons. The average Bonchev–Trinajstić information content (AvgIpc) is 3.21. The molecule has 2 aromatic carbocycles. The number of rotatable bonds is 7. The lowest BCUT2D eigenvalue weighted by atomic mass is 10.1. The van der Waals surface area contributed by atoms with Crippen LogP contribution in [0, 0.1) is 0 Å². The number of aromatic amines is 1.